The second-order valence-electron chi connectivity index (χ2n) is 3.83. The highest BCUT2D eigenvalue weighted by Gasteiger charge is 2.11. The lowest BCUT2D eigenvalue weighted by Gasteiger charge is -2.14. The zero-order valence-corrected chi connectivity index (χ0v) is 12.8. The Morgan fingerprint density at radius 2 is 2.21 bits per heavy atom. The van der Waals surface area contributed by atoms with Crippen LogP contribution in [0.5, 0.6) is 0 Å². The van der Waals surface area contributed by atoms with E-state index in [9.17, 15) is 4.79 Å². The van der Waals surface area contributed by atoms with Crippen LogP contribution in [0.25, 0.3) is 0 Å². The number of hydrogen-bond acceptors (Lipinski definition) is 4. The summed E-state index contributed by atoms with van der Waals surface area (Å²) in [6, 6.07) is 5.90. The number of carbonyl (C=O) groups is 1. The zero-order chi connectivity index (χ0) is 14.3. The third-order valence-corrected chi connectivity index (χ3v) is 3.66. The molecular weight excluding hydrogens is 278 g/mol. The molecular formula is C13H19N3OS2. The van der Waals surface area contributed by atoms with E-state index < -0.39 is 0 Å². The molecule has 0 aliphatic carbocycles. The van der Waals surface area contributed by atoms with Crippen molar-refractivity contribution in [2.24, 2.45) is 5.73 Å². The van der Waals surface area contributed by atoms with E-state index in [0.29, 0.717) is 18.0 Å². The summed E-state index contributed by atoms with van der Waals surface area (Å²) in [5, 5.41) is 5.80. The Hall–Kier alpha value is -1.27. The van der Waals surface area contributed by atoms with E-state index in [1.54, 1.807) is 18.8 Å². The van der Waals surface area contributed by atoms with Gasteiger partial charge in [0.25, 0.3) is 0 Å². The van der Waals surface area contributed by atoms with Gasteiger partial charge in [-0.1, -0.05) is 25.2 Å². The minimum Gasteiger partial charge on any atom is -0.389 e. The third kappa shape index (κ3) is 4.72. The van der Waals surface area contributed by atoms with Crippen LogP contribution in [0.4, 0.5) is 5.69 Å². The van der Waals surface area contributed by atoms with Crippen molar-refractivity contribution in [2.75, 3.05) is 24.7 Å². The summed E-state index contributed by atoms with van der Waals surface area (Å²) < 4.78 is 0. The predicted octanol–water partition coefficient (Wildman–Crippen LogP) is 1.98. The Labute approximate surface area is 123 Å². The van der Waals surface area contributed by atoms with Gasteiger partial charge in [-0.2, -0.15) is 0 Å². The Balaban J connectivity index is 2.84. The molecule has 0 heterocycles. The largest absolute Gasteiger partial charge is 0.389 e. The van der Waals surface area contributed by atoms with Crippen molar-refractivity contribution in [3.05, 3.63) is 23.8 Å². The molecule has 1 aromatic rings. The second-order valence-corrected chi connectivity index (χ2v) is 5.57. The first-order chi connectivity index (χ1) is 9.10. The second kappa shape index (κ2) is 8.01. The SMILES string of the molecule is CCSc1cccc(NCCC(=O)NC)c1C(N)=S. The first-order valence-electron chi connectivity index (χ1n) is 6.10. The quantitative estimate of drug-likeness (QED) is 0.530. The maximum Gasteiger partial charge on any atom is 0.221 e. The van der Waals surface area contributed by atoms with E-state index in [2.05, 4.69) is 17.6 Å². The molecule has 4 nitrogen and oxygen atoms in total. The first-order valence-corrected chi connectivity index (χ1v) is 7.49. The molecule has 104 valence electrons. The standard InChI is InChI=1S/C13H19N3OS2/c1-3-19-10-6-4-5-9(12(10)13(14)18)16-8-7-11(17)15-2/h4-6,16H,3,7-8H2,1-2H3,(H2,14,18)(H,15,17). The number of carbonyl (C=O) groups excluding carboxylic acids is 1. The maximum atomic E-state index is 11.2. The van der Waals surface area contributed by atoms with Crippen LogP contribution < -0.4 is 16.4 Å². The lowest BCUT2D eigenvalue weighted by atomic mass is 10.1. The summed E-state index contributed by atoms with van der Waals surface area (Å²) >= 11 is 6.82. The number of thiocarbonyl (C=S) groups is 1. The summed E-state index contributed by atoms with van der Waals surface area (Å²) in [5.74, 6) is 0.959. The van der Waals surface area contributed by atoms with Crippen molar-refractivity contribution in [1.29, 1.82) is 0 Å². The highest BCUT2D eigenvalue weighted by atomic mass is 32.2. The molecule has 1 aromatic carbocycles. The topological polar surface area (TPSA) is 67.2 Å². The van der Waals surface area contributed by atoms with Crippen LogP contribution in [0.15, 0.2) is 23.1 Å². The van der Waals surface area contributed by atoms with E-state index in [1.807, 2.05) is 18.2 Å². The fraction of sp³-hybridized carbons (Fsp3) is 0.385. The molecule has 6 heteroatoms. The van der Waals surface area contributed by atoms with Gasteiger partial charge >= 0.3 is 0 Å². The maximum absolute atomic E-state index is 11.2. The van der Waals surface area contributed by atoms with Crippen LogP contribution in [-0.2, 0) is 4.79 Å². The van der Waals surface area contributed by atoms with E-state index >= 15 is 0 Å². The van der Waals surface area contributed by atoms with Gasteiger partial charge in [0.15, 0.2) is 0 Å². The molecule has 0 atom stereocenters. The smallest absolute Gasteiger partial charge is 0.221 e. The van der Waals surface area contributed by atoms with Gasteiger partial charge < -0.3 is 16.4 Å². The van der Waals surface area contributed by atoms with Crippen molar-refractivity contribution in [3.63, 3.8) is 0 Å². The number of nitrogens with two attached hydrogens (primary N) is 1. The van der Waals surface area contributed by atoms with E-state index in [4.69, 9.17) is 18.0 Å². The van der Waals surface area contributed by atoms with Crippen LogP contribution in [-0.4, -0.2) is 30.2 Å². The molecule has 19 heavy (non-hydrogen) atoms. The van der Waals surface area contributed by atoms with E-state index in [1.165, 1.54) is 0 Å². The van der Waals surface area contributed by atoms with Gasteiger partial charge in [-0.05, 0) is 17.9 Å². The van der Waals surface area contributed by atoms with Crippen LogP contribution >= 0.6 is 24.0 Å². The third-order valence-electron chi connectivity index (χ3n) is 2.52. The van der Waals surface area contributed by atoms with Crippen molar-refractivity contribution in [2.45, 2.75) is 18.2 Å². The molecule has 1 rings (SSSR count). The van der Waals surface area contributed by atoms with Gasteiger partial charge in [0.2, 0.25) is 5.91 Å². The normalized spacial score (nSPS) is 10.0. The molecule has 0 aliphatic heterocycles. The van der Waals surface area contributed by atoms with Gasteiger partial charge in [0, 0.05) is 36.2 Å². The molecule has 0 fully saturated rings. The molecule has 0 spiro atoms. The van der Waals surface area contributed by atoms with Crippen LogP contribution in [0.3, 0.4) is 0 Å². The average Bonchev–Trinajstić information content (AvgIpc) is 2.38. The summed E-state index contributed by atoms with van der Waals surface area (Å²) in [6.07, 6.45) is 0.415. The van der Waals surface area contributed by atoms with E-state index in [-0.39, 0.29) is 5.91 Å². The van der Waals surface area contributed by atoms with Crippen LogP contribution in [0.1, 0.15) is 18.9 Å². The summed E-state index contributed by atoms with van der Waals surface area (Å²) in [7, 11) is 1.63. The minimum absolute atomic E-state index is 0.00321. The lowest BCUT2D eigenvalue weighted by molar-refractivity contribution is -0.120. The molecule has 0 unspecified atom stereocenters. The number of nitrogens with one attached hydrogen (secondary N) is 2. The van der Waals surface area contributed by atoms with Crippen LogP contribution in [0.2, 0.25) is 0 Å². The number of benzene rings is 1. The average molecular weight is 297 g/mol. The van der Waals surface area contributed by atoms with Gasteiger partial charge in [0.05, 0.1) is 0 Å². The van der Waals surface area contributed by atoms with Gasteiger partial charge in [0.1, 0.15) is 4.99 Å². The molecule has 0 bridgehead atoms. The number of amides is 1. The lowest BCUT2D eigenvalue weighted by Crippen LogP contribution is -2.22. The molecule has 0 saturated heterocycles. The highest BCUT2D eigenvalue weighted by Crippen LogP contribution is 2.28. The van der Waals surface area contributed by atoms with Gasteiger partial charge in [-0.15, -0.1) is 11.8 Å². The van der Waals surface area contributed by atoms with Gasteiger partial charge in [-0.25, -0.2) is 0 Å². The van der Waals surface area contributed by atoms with Crippen molar-refractivity contribution in [3.8, 4) is 0 Å². The fourth-order valence-electron chi connectivity index (χ4n) is 1.64. The van der Waals surface area contributed by atoms with E-state index in [0.717, 1.165) is 21.9 Å². The van der Waals surface area contributed by atoms with Crippen LogP contribution in [0, 0.1) is 0 Å². The molecule has 0 aromatic heterocycles. The minimum atomic E-state index is 0.00321. The number of hydrogen-bond donors (Lipinski definition) is 3. The molecule has 0 saturated carbocycles. The predicted molar refractivity (Wildman–Crippen MR) is 85.9 cm³/mol. The first kappa shape index (κ1) is 15.8. The Bertz CT molecular complexity index is 463. The van der Waals surface area contributed by atoms with Crippen molar-refractivity contribution >= 4 is 40.6 Å². The Kier molecular flexibility index (Phi) is 6.66. The monoisotopic (exact) mass is 297 g/mol. The number of thioether (sulfide) groups is 1. The molecule has 0 aliphatic rings. The molecule has 0 radical (unpaired) electrons. The number of rotatable bonds is 7. The molecule has 4 N–H and O–H groups in total. The number of anilines is 1. The highest BCUT2D eigenvalue weighted by molar-refractivity contribution is 7.99. The van der Waals surface area contributed by atoms with Gasteiger partial charge in [-0.3, -0.25) is 4.79 Å². The summed E-state index contributed by atoms with van der Waals surface area (Å²) in [4.78, 5) is 12.6. The summed E-state index contributed by atoms with van der Waals surface area (Å²) in [6.45, 7) is 2.63. The fourth-order valence-corrected chi connectivity index (χ4v) is 2.78. The Morgan fingerprint density at radius 1 is 1.47 bits per heavy atom. The van der Waals surface area contributed by atoms with Crippen molar-refractivity contribution < 1.29 is 4.79 Å². The molecule has 1 amide bonds. The zero-order valence-electron chi connectivity index (χ0n) is 11.2. The summed E-state index contributed by atoms with van der Waals surface area (Å²) in [5.41, 5.74) is 7.55. The van der Waals surface area contributed by atoms with Crippen molar-refractivity contribution in [1.82, 2.24) is 5.32 Å². The Morgan fingerprint density at radius 3 is 2.79 bits per heavy atom.